The SMILES string of the molecule is CCOc1ccc(S(=O)(=O)N(CC(=O)N(Cc2ccc(Br)cc2)[C@H](C)C(=O)NC2CCCCC2)c2ccc(C)cc2)cc1. The molecule has 3 aromatic rings. The minimum Gasteiger partial charge on any atom is -0.494 e. The molecule has 0 radical (unpaired) electrons. The topological polar surface area (TPSA) is 96.0 Å². The highest BCUT2D eigenvalue weighted by Crippen LogP contribution is 2.27. The van der Waals surface area contributed by atoms with E-state index in [1.807, 2.05) is 38.1 Å². The van der Waals surface area contributed by atoms with E-state index in [-0.39, 0.29) is 23.4 Å². The van der Waals surface area contributed by atoms with E-state index in [0.29, 0.717) is 18.0 Å². The van der Waals surface area contributed by atoms with Gasteiger partial charge in [-0.25, -0.2) is 8.42 Å². The molecule has 1 atom stereocenters. The van der Waals surface area contributed by atoms with Crippen LogP contribution in [0.25, 0.3) is 0 Å². The zero-order valence-corrected chi connectivity index (χ0v) is 27.4. The Labute approximate surface area is 263 Å². The molecule has 0 spiro atoms. The van der Waals surface area contributed by atoms with Crippen LogP contribution < -0.4 is 14.4 Å². The Kier molecular flexibility index (Phi) is 11.3. The lowest BCUT2D eigenvalue weighted by Crippen LogP contribution is -2.53. The van der Waals surface area contributed by atoms with Gasteiger partial charge in [0.15, 0.2) is 0 Å². The van der Waals surface area contributed by atoms with E-state index in [2.05, 4.69) is 21.2 Å². The number of amides is 2. The number of sulfonamides is 1. The summed E-state index contributed by atoms with van der Waals surface area (Å²) in [4.78, 5) is 29.1. The van der Waals surface area contributed by atoms with Gasteiger partial charge in [0.2, 0.25) is 11.8 Å². The van der Waals surface area contributed by atoms with Gasteiger partial charge in [-0.2, -0.15) is 0 Å². The molecule has 1 aliphatic carbocycles. The van der Waals surface area contributed by atoms with Crippen LogP contribution in [0.5, 0.6) is 5.75 Å². The monoisotopic (exact) mass is 669 g/mol. The maximum atomic E-state index is 14.1. The molecule has 2 amide bonds. The molecule has 1 N–H and O–H groups in total. The summed E-state index contributed by atoms with van der Waals surface area (Å²) >= 11 is 3.44. The molecular formula is C33H40BrN3O5S. The fourth-order valence-corrected chi connectivity index (χ4v) is 6.86. The van der Waals surface area contributed by atoms with Gasteiger partial charge in [-0.1, -0.05) is 65.0 Å². The summed E-state index contributed by atoms with van der Waals surface area (Å²) in [6.45, 7) is 5.59. The lowest BCUT2D eigenvalue weighted by Gasteiger charge is -2.33. The van der Waals surface area contributed by atoms with E-state index in [0.717, 1.165) is 52.0 Å². The van der Waals surface area contributed by atoms with Gasteiger partial charge in [-0.15, -0.1) is 0 Å². The van der Waals surface area contributed by atoms with Crippen LogP contribution in [0, 0.1) is 6.92 Å². The lowest BCUT2D eigenvalue weighted by atomic mass is 9.95. The number of ether oxygens (including phenoxy) is 1. The highest BCUT2D eigenvalue weighted by molar-refractivity contribution is 9.10. The molecule has 43 heavy (non-hydrogen) atoms. The van der Waals surface area contributed by atoms with Crippen molar-refractivity contribution >= 4 is 43.5 Å². The second kappa shape index (κ2) is 14.9. The highest BCUT2D eigenvalue weighted by Gasteiger charge is 2.33. The third-order valence-electron chi connectivity index (χ3n) is 7.71. The number of aryl methyl sites for hydroxylation is 1. The molecule has 3 aromatic carbocycles. The fourth-order valence-electron chi connectivity index (χ4n) is 5.18. The predicted octanol–water partition coefficient (Wildman–Crippen LogP) is 6.22. The molecule has 230 valence electrons. The van der Waals surface area contributed by atoms with Crippen LogP contribution in [0.3, 0.4) is 0 Å². The molecule has 4 rings (SSSR count). The van der Waals surface area contributed by atoms with Gasteiger partial charge in [-0.3, -0.25) is 13.9 Å². The van der Waals surface area contributed by atoms with Crippen molar-refractivity contribution in [2.24, 2.45) is 0 Å². The van der Waals surface area contributed by atoms with Gasteiger partial charge in [-0.05, 0) is 87.7 Å². The van der Waals surface area contributed by atoms with Crippen molar-refractivity contribution in [3.05, 3.63) is 88.4 Å². The Balaban J connectivity index is 1.66. The van der Waals surface area contributed by atoms with Crippen molar-refractivity contribution in [1.29, 1.82) is 0 Å². The Hall–Kier alpha value is -3.37. The Morgan fingerprint density at radius 1 is 0.953 bits per heavy atom. The van der Waals surface area contributed by atoms with Gasteiger partial charge < -0.3 is 15.0 Å². The summed E-state index contributed by atoms with van der Waals surface area (Å²) in [5, 5.41) is 3.13. The van der Waals surface area contributed by atoms with E-state index in [4.69, 9.17) is 4.74 Å². The van der Waals surface area contributed by atoms with E-state index in [9.17, 15) is 18.0 Å². The second-order valence-electron chi connectivity index (χ2n) is 10.9. The molecule has 0 aliphatic heterocycles. The molecule has 1 fully saturated rings. The van der Waals surface area contributed by atoms with Crippen molar-refractivity contribution in [2.75, 3.05) is 17.5 Å². The average Bonchev–Trinajstić information content (AvgIpc) is 3.00. The summed E-state index contributed by atoms with van der Waals surface area (Å²) in [6, 6.07) is 19.9. The summed E-state index contributed by atoms with van der Waals surface area (Å²) in [6.07, 6.45) is 5.13. The van der Waals surface area contributed by atoms with Gasteiger partial charge >= 0.3 is 0 Å². The van der Waals surface area contributed by atoms with Crippen LogP contribution in [0.15, 0.2) is 82.2 Å². The first-order valence-electron chi connectivity index (χ1n) is 14.7. The van der Waals surface area contributed by atoms with Gasteiger partial charge in [0, 0.05) is 17.1 Å². The number of nitrogens with zero attached hydrogens (tertiary/aromatic N) is 2. The van der Waals surface area contributed by atoms with E-state index in [1.54, 1.807) is 43.3 Å². The highest BCUT2D eigenvalue weighted by atomic mass is 79.9. The smallest absolute Gasteiger partial charge is 0.264 e. The average molecular weight is 671 g/mol. The van der Waals surface area contributed by atoms with Crippen molar-refractivity contribution in [3.63, 3.8) is 0 Å². The third kappa shape index (κ3) is 8.60. The molecule has 10 heteroatoms. The molecule has 1 saturated carbocycles. The Bertz CT molecular complexity index is 1470. The number of rotatable bonds is 12. The number of hydrogen-bond donors (Lipinski definition) is 1. The summed E-state index contributed by atoms with van der Waals surface area (Å²) in [7, 11) is -4.15. The Morgan fingerprint density at radius 2 is 1.58 bits per heavy atom. The zero-order chi connectivity index (χ0) is 31.0. The van der Waals surface area contributed by atoms with Crippen molar-refractivity contribution in [1.82, 2.24) is 10.2 Å². The number of hydrogen-bond acceptors (Lipinski definition) is 5. The summed E-state index contributed by atoms with van der Waals surface area (Å²) in [5.74, 6) is -0.171. The standard InChI is InChI=1S/C33H40BrN3O5S/c1-4-42-30-18-20-31(21-19-30)43(40,41)37(29-16-10-24(2)11-17-29)23-32(38)36(22-26-12-14-27(34)15-13-26)25(3)33(39)35-28-8-6-5-7-9-28/h10-21,25,28H,4-9,22-23H2,1-3H3,(H,35,39)/t25-/m1/s1. The molecule has 8 nitrogen and oxygen atoms in total. The lowest BCUT2D eigenvalue weighted by molar-refractivity contribution is -0.139. The van der Waals surface area contributed by atoms with Crippen LogP contribution in [0.2, 0.25) is 0 Å². The predicted molar refractivity (Wildman–Crippen MR) is 172 cm³/mol. The summed E-state index contributed by atoms with van der Waals surface area (Å²) in [5.41, 5.74) is 2.14. The normalized spacial score (nSPS) is 14.5. The Morgan fingerprint density at radius 3 is 2.19 bits per heavy atom. The van der Waals surface area contributed by atoms with E-state index in [1.165, 1.54) is 17.0 Å². The first-order valence-corrected chi connectivity index (χ1v) is 17.0. The minimum absolute atomic E-state index is 0.0341. The van der Waals surface area contributed by atoms with E-state index >= 15 is 0 Å². The van der Waals surface area contributed by atoms with Crippen LogP contribution in [-0.4, -0.2) is 50.4 Å². The van der Waals surface area contributed by atoms with E-state index < -0.39 is 28.5 Å². The molecule has 0 aromatic heterocycles. The van der Waals surface area contributed by atoms with Gasteiger partial charge in [0.25, 0.3) is 10.0 Å². The molecule has 0 saturated heterocycles. The fraction of sp³-hybridized carbons (Fsp3) is 0.394. The molecular weight excluding hydrogens is 630 g/mol. The minimum atomic E-state index is -4.15. The number of carbonyl (C=O) groups is 2. The molecule has 1 aliphatic rings. The third-order valence-corrected chi connectivity index (χ3v) is 10.0. The van der Waals surface area contributed by atoms with Crippen LogP contribution >= 0.6 is 15.9 Å². The number of anilines is 1. The number of benzene rings is 3. The first kappa shape index (κ1) is 32.5. The summed E-state index contributed by atoms with van der Waals surface area (Å²) < 4.78 is 35.6. The number of halogens is 1. The van der Waals surface area contributed by atoms with Gasteiger partial charge in [0.1, 0.15) is 18.3 Å². The number of carbonyl (C=O) groups excluding carboxylic acids is 2. The zero-order valence-electron chi connectivity index (χ0n) is 25.0. The molecule has 0 heterocycles. The number of nitrogens with one attached hydrogen (secondary N) is 1. The molecule has 0 bridgehead atoms. The van der Waals surface area contributed by atoms with Crippen LogP contribution in [0.4, 0.5) is 5.69 Å². The maximum absolute atomic E-state index is 14.1. The van der Waals surface area contributed by atoms with Gasteiger partial charge in [0.05, 0.1) is 17.2 Å². The van der Waals surface area contributed by atoms with Crippen LogP contribution in [0.1, 0.15) is 57.1 Å². The largest absolute Gasteiger partial charge is 0.494 e. The van der Waals surface area contributed by atoms with Crippen molar-refractivity contribution < 1.29 is 22.7 Å². The maximum Gasteiger partial charge on any atom is 0.264 e. The molecule has 0 unspecified atom stereocenters. The van der Waals surface area contributed by atoms with Crippen LogP contribution in [-0.2, 0) is 26.2 Å². The first-order chi connectivity index (χ1) is 20.6. The van der Waals surface area contributed by atoms with Crippen molar-refractivity contribution in [2.45, 2.75) is 76.4 Å². The van der Waals surface area contributed by atoms with Crippen molar-refractivity contribution in [3.8, 4) is 5.75 Å². The second-order valence-corrected chi connectivity index (χ2v) is 13.7. The quantitative estimate of drug-likeness (QED) is 0.247.